The predicted molar refractivity (Wildman–Crippen MR) is 200 cm³/mol. The van der Waals surface area contributed by atoms with Gasteiger partial charge in [0.2, 0.25) is 0 Å². The van der Waals surface area contributed by atoms with E-state index in [9.17, 15) is 9.59 Å². The smallest absolute Gasteiger partial charge is 0.407 e. The molecule has 10 nitrogen and oxygen atoms in total. The third kappa shape index (κ3) is 13.5. The maximum absolute atomic E-state index is 12.6. The molecule has 0 bridgehead atoms. The van der Waals surface area contributed by atoms with Crippen molar-refractivity contribution in [3.63, 3.8) is 0 Å². The molecule has 0 heterocycles. The van der Waals surface area contributed by atoms with Crippen LogP contribution in [-0.4, -0.2) is 77.1 Å². The molecule has 3 aromatic rings. The standard InChI is InChI=1S/C40H60N2O8/c1-6-11-21-41-39(43)49-31(26-45-23-13-8-3)28-47-37-33-17-15-16-18-34(33)38(36-25-30(10-5)19-20-35(36)37)48-29-32(27-46-24-14-9-4)50-40(44)42-22-12-7-2/h15-20,25,31-32H,6-14,21-24,26-29H2,1-5H3,(H,41,43)(H,42,44). The molecule has 2 N–H and O–H groups in total. The highest BCUT2D eigenvalue weighted by Gasteiger charge is 2.22. The lowest BCUT2D eigenvalue weighted by Gasteiger charge is -2.23. The molecule has 3 aromatic carbocycles. The highest BCUT2D eigenvalue weighted by Crippen LogP contribution is 2.43. The molecular formula is C40H60N2O8. The maximum Gasteiger partial charge on any atom is 0.407 e. The molecule has 0 aromatic heterocycles. The Morgan fingerprint density at radius 3 is 1.50 bits per heavy atom. The highest BCUT2D eigenvalue weighted by molar-refractivity contribution is 6.11. The Labute approximate surface area is 298 Å². The van der Waals surface area contributed by atoms with Gasteiger partial charge in [-0.15, -0.1) is 0 Å². The van der Waals surface area contributed by atoms with Crippen LogP contribution < -0.4 is 20.1 Å². The number of ether oxygens (including phenoxy) is 6. The molecule has 50 heavy (non-hydrogen) atoms. The third-order valence-electron chi connectivity index (χ3n) is 8.26. The zero-order valence-electron chi connectivity index (χ0n) is 31.0. The van der Waals surface area contributed by atoms with Crippen molar-refractivity contribution in [1.82, 2.24) is 10.6 Å². The van der Waals surface area contributed by atoms with E-state index in [2.05, 4.69) is 63.5 Å². The van der Waals surface area contributed by atoms with Crippen LogP contribution in [0.15, 0.2) is 42.5 Å². The number of aryl methyl sites for hydroxylation is 1. The number of carbonyl (C=O) groups is 2. The molecule has 278 valence electrons. The zero-order valence-corrected chi connectivity index (χ0v) is 31.0. The van der Waals surface area contributed by atoms with Gasteiger partial charge in [-0.3, -0.25) is 0 Å². The second kappa shape index (κ2) is 23.6. The van der Waals surface area contributed by atoms with E-state index in [4.69, 9.17) is 28.4 Å². The first kappa shape index (κ1) is 40.7. The van der Waals surface area contributed by atoms with E-state index in [1.807, 2.05) is 24.3 Å². The number of benzene rings is 3. The number of unbranched alkanes of at least 4 members (excludes halogenated alkanes) is 4. The number of rotatable bonds is 25. The lowest BCUT2D eigenvalue weighted by Crippen LogP contribution is -2.35. The molecule has 10 heteroatoms. The number of hydrogen-bond acceptors (Lipinski definition) is 8. The van der Waals surface area contributed by atoms with Crippen molar-refractivity contribution in [3.8, 4) is 11.5 Å². The fourth-order valence-electron chi connectivity index (χ4n) is 5.31. The van der Waals surface area contributed by atoms with Crippen molar-refractivity contribution in [2.24, 2.45) is 0 Å². The molecule has 0 aliphatic carbocycles. The third-order valence-corrected chi connectivity index (χ3v) is 8.26. The second-order valence-corrected chi connectivity index (χ2v) is 12.5. The Morgan fingerprint density at radius 1 is 0.580 bits per heavy atom. The molecule has 2 atom stereocenters. The Balaban J connectivity index is 1.93. The van der Waals surface area contributed by atoms with Crippen molar-refractivity contribution in [2.75, 3.05) is 52.7 Å². The number of hydrogen-bond donors (Lipinski definition) is 2. The summed E-state index contributed by atoms with van der Waals surface area (Å²) in [4.78, 5) is 25.3. The molecular weight excluding hydrogens is 636 g/mol. The summed E-state index contributed by atoms with van der Waals surface area (Å²) in [6, 6.07) is 14.2. The first-order chi connectivity index (χ1) is 24.4. The van der Waals surface area contributed by atoms with Crippen molar-refractivity contribution < 1.29 is 38.0 Å². The van der Waals surface area contributed by atoms with Crippen molar-refractivity contribution >= 4 is 33.7 Å². The largest absolute Gasteiger partial charge is 0.488 e. The van der Waals surface area contributed by atoms with E-state index < -0.39 is 24.4 Å². The maximum atomic E-state index is 12.6. The molecule has 0 fully saturated rings. The molecule has 2 amide bonds. The minimum Gasteiger partial charge on any atom is -0.488 e. The number of carbonyl (C=O) groups excluding carboxylic acids is 2. The normalized spacial score (nSPS) is 12.4. The van der Waals surface area contributed by atoms with Gasteiger partial charge in [-0.25, -0.2) is 9.59 Å². The van der Waals surface area contributed by atoms with Crippen LogP contribution in [0.3, 0.4) is 0 Å². The van der Waals surface area contributed by atoms with Crippen LogP contribution >= 0.6 is 0 Å². The van der Waals surface area contributed by atoms with Crippen LogP contribution in [0.5, 0.6) is 11.5 Å². The molecule has 0 saturated carbocycles. The number of nitrogens with one attached hydrogen (secondary N) is 2. The summed E-state index contributed by atoms with van der Waals surface area (Å²) >= 11 is 0. The average Bonchev–Trinajstić information content (AvgIpc) is 3.12. The van der Waals surface area contributed by atoms with Crippen LogP contribution in [0.2, 0.25) is 0 Å². The van der Waals surface area contributed by atoms with Crippen molar-refractivity contribution in [3.05, 3.63) is 48.0 Å². The summed E-state index contributed by atoms with van der Waals surface area (Å²) in [6.45, 7) is 13.4. The summed E-state index contributed by atoms with van der Waals surface area (Å²) in [5.74, 6) is 1.35. The van der Waals surface area contributed by atoms with Crippen molar-refractivity contribution in [2.45, 2.75) is 105 Å². The summed E-state index contributed by atoms with van der Waals surface area (Å²) in [5, 5.41) is 9.11. The van der Waals surface area contributed by atoms with Crippen LogP contribution in [0.1, 0.15) is 91.5 Å². The summed E-state index contributed by atoms with van der Waals surface area (Å²) in [6.07, 6.45) is 6.23. The summed E-state index contributed by atoms with van der Waals surface area (Å²) < 4.78 is 36.5. The molecule has 0 radical (unpaired) electrons. The highest BCUT2D eigenvalue weighted by atomic mass is 16.6. The van der Waals surface area contributed by atoms with E-state index in [1.54, 1.807) is 0 Å². The van der Waals surface area contributed by atoms with Crippen LogP contribution in [-0.2, 0) is 25.4 Å². The lowest BCUT2D eigenvalue weighted by molar-refractivity contribution is -0.00222. The van der Waals surface area contributed by atoms with E-state index in [0.717, 1.165) is 84.9 Å². The minimum atomic E-state index is -0.610. The summed E-state index contributed by atoms with van der Waals surface area (Å²) in [7, 11) is 0. The second-order valence-electron chi connectivity index (χ2n) is 12.5. The van der Waals surface area contributed by atoms with Gasteiger partial charge >= 0.3 is 12.2 Å². The first-order valence-corrected chi connectivity index (χ1v) is 18.7. The number of alkyl carbamates (subject to hydrolysis) is 2. The molecule has 0 saturated heterocycles. The fourth-order valence-corrected chi connectivity index (χ4v) is 5.31. The van der Waals surface area contributed by atoms with E-state index >= 15 is 0 Å². The van der Waals surface area contributed by atoms with E-state index in [0.29, 0.717) is 37.8 Å². The van der Waals surface area contributed by atoms with Gasteiger partial charge in [0.1, 0.15) is 24.7 Å². The Bertz CT molecular complexity index is 1430. The van der Waals surface area contributed by atoms with Gasteiger partial charge in [0.25, 0.3) is 0 Å². The molecule has 2 unspecified atom stereocenters. The lowest BCUT2D eigenvalue weighted by atomic mass is 9.98. The SMILES string of the molecule is CCCCNC(=O)OC(COCCCC)COc1c2ccccc2c(OCC(COCCCC)OC(=O)NCCCC)c2cc(CC)ccc12. The first-order valence-electron chi connectivity index (χ1n) is 18.7. The van der Waals surface area contributed by atoms with Gasteiger partial charge < -0.3 is 39.1 Å². The Hall–Kier alpha value is -3.76. The van der Waals surface area contributed by atoms with Gasteiger partial charge in [-0.05, 0) is 43.7 Å². The molecule has 0 spiro atoms. The number of amides is 2. The molecule has 3 rings (SSSR count). The Kier molecular flexibility index (Phi) is 19.2. The van der Waals surface area contributed by atoms with E-state index in [1.165, 1.54) is 0 Å². The van der Waals surface area contributed by atoms with Gasteiger partial charge in [0.15, 0.2) is 12.2 Å². The predicted octanol–water partition coefficient (Wildman–Crippen LogP) is 8.74. The monoisotopic (exact) mass is 696 g/mol. The van der Waals surface area contributed by atoms with Crippen molar-refractivity contribution in [1.29, 1.82) is 0 Å². The topological polar surface area (TPSA) is 114 Å². The fraction of sp³-hybridized carbons (Fsp3) is 0.600. The van der Waals surface area contributed by atoms with E-state index in [-0.39, 0.29) is 26.4 Å². The minimum absolute atomic E-state index is 0.111. The quantitative estimate of drug-likeness (QED) is 0.0668. The molecule has 0 aliphatic heterocycles. The van der Waals surface area contributed by atoms with Gasteiger partial charge in [0, 0.05) is 47.8 Å². The van der Waals surface area contributed by atoms with Crippen LogP contribution in [0, 0.1) is 0 Å². The zero-order chi connectivity index (χ0) is 36.0. The Morgan fingerprint density at radius 2 is 1.04 bits per heavy atom. The average molecular weight is 697 g/mol. The molecule has 0 aliphatic rings. The van der Waals surface area contributed by atoms with Gasteiger partial charge in [-0.1, -0.05) is 96.7 Å². The summed E-state index contributed by atoms with van der Waals surface area (Å²) in [5.41, 5.74) is 1.14. The number of fused-ring (bicyclic) bond motifs is 2. The van der Waals surface area contributed by atoms with Gasteiger partial charge in [0.05, 0.1) is 13.2 Å². The van der Waals surface area contributed by atoms with Crippen LogP contribution in [0.25, 0.3) is 21.5 Å². The van der Waals surface area contributed by atoms with Gasteiger partial charge in [-0.2, -0.15) is 0 Å². The van der Waals surface area contributed by atoms with Crippen LogP contribution in [0.4, 0.5) is 9.59 Å².